The molecule has 4 heteroatoms. The molecule has 0 saturated carbocycles. The van der Waals surface area contributed by atoms with Crippen LogP contribution in [0.3, 0.4) is 0 Å². The second-order valence-electron chi connectivity index (χ2n) is 2.82. The number of alkyl halides is 1. The molecular formula is C10H11BrCl2O. The lowest BCUT2D eigenvalue weighted by Crippen LogP contribution is -1.97. The topological polar surface area (TPSA) is 9.23 Å². The van der Waals surface area contributed by atoms with E-state index in [9.17, 15) is 0 Å². The van der Waals surface area contributed by atoms with Crippen molar-refractivity contribution in [3.05, 3.63) is 28.2 Å². The monoisotopic (exact) mass is 296 g/mol. The largest absolute Gasteiger partial charge is 0.492 e. The number of ether oxygens (including phenoxy) is 1. The molecule has 0 saturated heterocycles. The van der Waals surface area contributed by atoms with Crippen molar-refractivity contribution in [1.29, 1.82) is 0 Å². The number of halogens is 3. The van der Waals surface area contributed by atoms with E-state index in [-0.39, 0.29) is 0 Å². The van der Waals surface area contributed by atoms with Gasteiger partial charge in [0.25, 0.3) is 0 Å². The third kappa shape index (κ3) is 4.07. The normalized spacial score (nSPS) is 10.2. The minimum Gasteiger partial charge on any atom is -0.492 e. The Bertz CT molecular complexity index is 291. The molecule has 78 valence electrons. The molecular weight excluding hydrogens is 287 g/mol. The highest BCUT2D eigenvalue weighted by molar-refractivity contribution is 9.09. The molecule has 1 aromatic rings. The third-order valence-electron chi connectivity index (χ3n) is 1.68. The van der Waals surface area contributed by atoms with E-state index in [0.29, 0.717) is 22.4 Å². The van der Waals surface area contributed by atoms with Crippen LogP contribution in [0.2, 0.25) is 10.0 Å². The summed E-state index contributed by atoms with van der Waals surface area (Å²) in [5, 5.41) is 2.20. The van der Waals surface area contributed by atoms with Crippen LogP contribution < -0.4 is 4.74 Å². The van der Waals surface area contributed by atoms with Gasteiger partial charge in [-0.15, -0.1) is 0 Å². The van der Waals surface area contributed by atoms with E-state index in [2.05, 4.69) is 15.9 Å². The lowest BCUT2D eigenvalue weighted by Gasteiger charge is -2.07. The van der Waals surface area contributed by atoms with Crippen molar-refractivity contribution in [2.24, 2.45) is 0 Å². The molecule has 1 rings (SSSR count). The summed E-state index contributed by atoms with van der Waals surface area (Å²) in [6.07, 6.45) is 2.12. The summed E-state index contributed by atoms with van der Waals surface area (Å²) in [7, 11) is 0. The summed E-state index contributed by atoms with van der Waals surface area (Å²) in [4.78, 5) is 0. The van der Waals surface area contributed by atoms with Gasteiger partial charge in [-0.3, -0.25) is 0 Å². The molecule has 1 aromatic carbocycles. The molecule has 14 heavy (non-hydrogen) atoms. The highest BCUT2D eigenvalue weighted by Crippen LogP contribution is 2.27. The average Bonchev–Trinajstić information content (AvgIpc) is 2.15. The summed E-state index contributed by atoms with van der Waals surface area (Å²) in [5.41, 5.74) is 0. The molecule has 0 atom stereocenters. The lowest BCUT2D eigenvalue weighted by molar-refractivity contribution is 0.310. The molecule has 0 aliphatic heterocycles. The Morgan fingerprint density at radius 2 is 2.00 bits per heavy atom. The van der Waals surface area contributed by atoms with Gasteiger partial charge < -0.3 is 4.74 Å². The summed E-state index contributed by atoms with van der Waals surface area (Å²) in [6, 6.07) is 5.25. The van der Waals surface area contributed by atoms with Gasteiger partial charge >= 0.3 is 0 Å². The Morgan fingerprint density at radius 3 is 2.64 bits per heavy atom. The Labute approximate surface area is 102 Å². The number of rotatable bonds is 5. The second-order valence-corrected chi connectivity index (χ2v) is 4.46. The summed E-state index contributed by atoms with van der Waals surface area (Å²) in [6.45, 7) is 0.687. The van der Waals surface area contributed by atoms with Crippen molar-refractivity contribution < 1.29 is 4.74 Å². The second kappa shape index (κ2) is 6.54. The van der Waals surface area contributed by atoms with Gasteiger partial charge in [0.05, 0.1) is 11.6 Å². The van der Waals surface area contributed by atoms with Crippen LogP contribution in [-0.4, -0.2) is 11.9 Å². The van der Waals surface area contributed by atoms with Gasteiger partial charge in [-0.1, -0.05) is 39.1 Å². The maximum atomic E-state index is 5.92. The zero-order valence-corrected chi connectivity index (χ0v) is 10.7. The maximum absolute atomic E-state index is 5.92. The van der Waals surface area contributed by atoms with E-state index in [1.54, 1.807) is 18.2 Å². The first kappa shape index (κ1) is 12.2. The standard InChI is InChI=1S/C10H11BrCl2O/c11-5-1-2-6-14-10-4-3-8(12)7-9(10)13/h3-4,7H,1-2,5-6H2. The lowest BCUT2D eigenvalue weighted by atomic mass is 10.3. The first-order chi connectivity index (χ1) is 6.74. The van der Waals surface area contributed by atoms with Gasteiger partial charge in [-0.05, 0) is 31.0 Å². The third-order valence-corrected chi connectivity index (χ3v) is 2.77. The van der Waals surface area contributed by atoms with Crippen molar-refractivity contribution >= 4 is 39.1 Å². The Balaban J connectivity index is 2.42. The first-order valence-corrected chi connectivity index (χ1v) is 6.25. The van der Waals surface area contributed by atoms with E-state index in [1.807, 2.05) is 0 Å². The van der Waals surface area contributed by atoms with Crippen LogP contribution in [0.15, 0.2) is 18.2 Å². The zero-order chi connectivity index (χ0) is 10.4. The average molecular weight is 298 g/mol. The molecule has 1 nitrogen and oxygen atoms in total. The number of hydrogen-bond donors (Lipinski definition) is 0. The molecule has 0 amide bonds. The van der Waals surface area contributed by atoms with Gasteiger partial charge in [-0.25, -0.2) is 0 Å². The fourth-order valence-corrected chi connectivity index (χ4v) is 1.83. The summed E-state index contributed by atoms with van der Waals surface area (Å²) >= 11 is 15.0. The number of benzene rings is 1. The Morgan fingerprint density at radius 1 is 1.21 bits per heavy atom. The molecule has 0 bridgehead atoms. The van der Waals surface area contributed by atoms with Crippen LogP contribution in [0.5, 0.6) is 5.75 Å². The van der Waals surface area contributed by atoms with Crippen LogP contribution in [0.4, 0.5) is 0 Å². The van der Waals surface area contributed by atoms with Crippen LogP contribution >= 0.6 is 39.1 Å². The molecule has 0 aromatic heterocycles. The smallest absolute Gasteiger partial charge is 0.137 e. The quantitative estimate of drug-likeness (QED) is 0.572. The van der Waals surface area contributed by atoms with E-state index in [0.717, 1.165) is 18.2 Å². The summed E-state index contributed by atoms with van der Waals surface area (Å²) in [5.74, 6) is 0.700. The van der Waals surface area contributed by atoms with Crippen LogP contribution in [0.25, 0.3) is 0 Å². The maximum Gasteiger partial charge on any atom is 0.137 e. The van der Waals surface area contributed by atoms with Gasteiger partial charge in [-0.2, -0.15) is 0 Å². The van der Waals surface area contributed by atoms with Crippen LogP contribution in [0.1, 0.15) is 12.8 Å². The molecule has 0 spiro atoms. The van der Waals surface area contributed by atoms with E-state index in [1.165, 1.54) is 0 Å². The number of unbranched alkanes of at least 4 members (excludes halogenated alkanes) is 1. The van der Waals surface area contributed by atoms with Crippen molar-refractivity contribution in [2.45, 2.75) is 12.8 Å². The highest BCUT2D eigenvalue weighted by atomic mass is 79.9. The van der Waals surface area contributed by atoms with Crippen LogP contribution in [-0.2, 0) is 0 Å². The van der Waals surface area contributed by atoms with Crippen molar-refractivity contribution in [1.82, 2.24) is 0 Å². The number of hydrogen-bond acceptors (Lipinski definition) is 1. The van der Waals surface area contributed by atoms with Crippen molar-refractivity contribution in [3.63, 3.8) is 0 Å². The van der Waals surface area contributed by atoms with Crippen molar-refractivity contribution in [2.75, 3.05) is 11.9 Å². The molecule has 0 heterocycles. The fraction of sp³-hybridized carbons (Fsp3) is 0.400. The minimum absolute atomic E-state index is 0.566. The van der Waals surface area contributed by atoms with Gasteiger partial charge in [0.1, 0.15) is 5.75 Å². The SMILES string of the molecule is Clc1ccc(OCCCCBr)c(Cl)c1. The molecule has 0 aliphatic rings. The van der Waals surface area contributed by atoms with E-state index in [4.69, 9.17) is 27.9 Å². The molecule has 0 N–H and O–H groups in total. The zero-order valence-electron chi connectivity index (χ0n) is 7.60. The highest BCUT2D eigenvalue weighted by Gasteiger charge is 2.01. The molecule has 0 aliphatic carbocycles. The molecule has 0 unspecified atom stereocenters. The Kier molecular flexibility index (Phi) is 5.68. The fourth-order valence-electron chi connectivity index (χ4n) is 0.971. The van der Waals surface area contributed by atoms with E-state index < -0.39 is 0 Å². The molecule has 0 fully saturated rings. The van der Waals surface area contributed by atoms with Crippen molar-refractivity contribution in [3.8, 4) is 5.75 Å². The predicted octanol–water partition coefficient (Wildman–Crippen LogP) is 4.55. The summed E-state index contributed by atoms with van der Waals surface area (Å²) < 4.78 is 5.48. The van der Waals surface area contributed by atoms with Gasteiger partial charge in [0.15, 0.2) is 0 Å². The van der Waals surface area contributed by atoms with Gasteiger partial charge in [0.2, 0.25) is 0 Å². The van der Waals surface area contributed by atoms with Gasteiger partial charge in [0, 0.05) is 10.4 Å². The first-order valence-electron chi connectivity index (χ1n) is 4.38. The Hall–Kier alpha value is 0.0800. The molecule has 0 radical (unpaired) electrons. The van der Waals surface area contributed by atoms with Crippen LogP contribution in [0, 0.1) is 0 Å². The predicted molar refractivity (Wildman–Crippen MR) is 65.0 cm³/mol. The minimum atomic E-state index is 0.566. The van der Waals surface area contributed by atoms with E-state index >= 15 is 0 Å².